The Kier molecular flexibility index (Phi) is 4.84. The van der Waals surface area contributed by atoms with Crippen molar-refractivity contribution in [3.8, 4) is 22.3 Å². The van der Waals surface area contributed by atoms with Crippen molar-refractivity contribution < 1.29 is 4.92 Å². The molecule has 3 nitrogen and oxygen atoms in total. The van der Waals surface area contributed by atoms with Gasteiger partial charge in [-0.3, -0.25) is 10.1 Å². The van der Waals surface area contributed by atoms with E-state index in [4.69, 9.17) is 11.6 Å². The molecule has 0 N–H and O–H groups in total. The standard InChI is InChI=1S/C22H20ClNO2/c1-22(2,3)18-10-8-16(9-11-18)15-4-6-17(7-5-15)20-14-19(23)12-13-21(20)24(25)26/h4-14H,1-3H3. The van der Waals surface area contributed by atoms with E-state index >= 15 is 0 Å². The van der Waals surface area contributed by atoms with Crippen LogP contribution in [0.4, 0.5) is 5.69 Å². The van der Waals surface area contributed by atoms with E-state index in [1.807, 2.05) is 24.3 Å². The Hall–Kier alpha value is -2.65. The molecule has 0 fully saturated rings. The molecule has 0 aromatic heterocycles. The Bertz CT molecular complexity index is 939. The monoisotopic (exact) mass is 365 g/mol. The summed E-state index contributed by atoms with van der Waals surface area (Å²) in [5.74, 6) is 0. The molecular weight excluding hydrogens is 346 g/mol. The van der Waals surface area contributed by atoms with E-state index in [0.717, 1.165) is 16.7 Å². The molecule has 0 bridgehead atoms. The summed E-state index contributed by atoms with van der Waals surface area (Å²) >= 11 is 6.03. The summed E-state index contributed by atoms with van der Waals surface area (Å²) in [7, 11) is 0. The molecule has 3 aromatic rings. The van der Waals surface area contributed by atoms with Gasteiger partial charge in [0.25, 0.3) is 5.69 Å². The highest BCUT2D eigenvalue weighted by atomic mass is 35.5. The molecule has 0 radical (unpaired) electrons. The molecule has 3 aromatic carbocycles. The number of rotatable bonds is 3. The largest absolute Gasteiger partial charge is 0.277 e. The Labute approximate surface area is 158 Å². The molecule has 0 atom stereocenters. The van der Waals surface area contributed by atoms with Crippen LogP contribution in [0.15, 0.2) is 66.7 Å². The SMILES string of the molecule is CC(C)(C)c1ccc(-c2ccc(-c3cc(Cl)ccc3[N+](=O)[O-])cc2)cc1. The Balaban J connectivity index is 1.95. The van der Waals surface area contributed by atoms with Crippen LogP contribution >= 0.6 is 11.6 Å². The molecule has 0 spiro atoms. The van der Waals surface area contributed by atoms with E-state index in [2.05, 4.69) is 45.0 Å². The zero-order valence-electron chi connectivity index (χ0n) is 15.0. The van der Waals surface area contributed by atoms with Crippen molar-refractivity contribution in [1.29, 1.82) is 0 Å². The molecule has 26 heavy (non-hydrogen) atoms. The van der Waals surface area contributed by atoms with E-state index in [0.29, 0.717) is 10.6 Å². The van der Waals surface area contributed by atoms with E-state index in [1.54, 1.807) is 6.07 Å². The number of benzene rings is 3. The minimum atomic E-state index is -0.384. The number of hydrogen-bond acceptors (Lipinski definition) is 2. The van der Waals surface area contributed by atoms with Gasteiger partial charge in [-0.1, -0.05) is 80.9 Å². The van der Waals surface area contributed by atoms with Crippen LogP contribution in [-0.4, -0.2) is 4.92 Å². The van der Waals surface area contributed by atoms with Crippen LogP contribution < -0.4 is 0 Å². The number of nitro groups is 1. The quantitative estimate of drug-likeness (QED) is 0.375. The van der Waals surface area contributed by atoms with Gasteiger partial charge in [-0.05, 0) is 39.8 Å². The van der Waals surface area contributed by atoms with Gasteiger partial charge in [-0.15, -0.1) is 0 Å². The van der Waals surface area contributed by atoms with E-state index in [-0.39, 0.29) is 16.0 Å². The smallest absolute Gasteiger partial charge is 0.258 e. The normalized spacial score (nSPS) is 11.4. The van der Waals surface area contributed by atoms with Crippen molar-refractivity contribution in [3.05, 3.63) is 87.4 Å². The number of hydrogen-bond donors (Lipinski definition) is 0. The van der Waals surface area contributed by atoms with Gasteiger partial charge in [-0.25, -0.2) is 0 Å². The maximum Gasteiger partial charge on any atom is 0.277 e. The fourth-order valence-corrected chi connectivity index (χ4v) is 3.08. The van der Waals surface area contributed by atoms with Crippen LogP contribution in [0, 0.1) is 10.1 Å². The van der Waals surface area contributed by atoms with Crippen LogP contribution in [0.1, 0.15) is 26.3 Å². The Morgan fingerprint density at radius 3 is 1.81 bits per heavy atom. The van der Waals surface area contributed by atoms with Crippen molar-refractivity contribution in [1.82, 2.24) is 0 Å². The molecule has 4 heteroatoms. The zero-order valence-corrected chi connectivity index (χ0v) is 15.7. The summed E-state index contributed by atoms with van der Waals surface area (Å²) in [4.78, 5) is 10.9. The first-order valence-corrected chi connectivity index (χ1v) is 8.79. The van der Waals surface area contributed by atoms with Crippen molar-refractivity contribution in [3.63, 3.8) is 0 Å². The summed E-state index contributed by atoms with van der Waals surface area (Å²) < 4.78 is 0. The Morgan fingerprint density at radius 2 is 1.31 bits per heavy atom. The van der Waals surface area contributed by atoms with Crippen molar-refractivity contribution >= 4 is 17.3 Å². The van der Waals surface area contributed by atoms with Gasteiger partial charge < -0.3 is 0 Å². The third-order valence-electron chi connectivity index (χ3n) is 4.44. The van der Waals surface area contributed by atoms with Crippen LogP contribution in [0.5, 0.6) is 0 Å². The summed E-state index contributed by atoms with van der Waals surface area (Å²) in [5.41, 5.74) is 4.94. The molecule has 0 saturated carbocycles. The summed E-state index contributed by atoms with van der Waals surface area (Å²) in [6.07, 6.45) is 0. The minimum absolute atomic E-state index is 0.0525. The predicted octanol–water partition coefficient (Wildman–Crippen LogP) is 6.88. The lowest BCUT2D eigenvalue weighted by molar-refractivity contribution is -0.384. The molecule has 0 amide bonds. The lowest BCUT2D eigenvalue weighted by atomic mass is 9.86. The van der Waals surface area contributed by atoms with Crippen LogP contribution in [0.25, 0.3) is 22.3 Å². The average Bonchev–Trinajstić information content (AvgIpc) is 2.61. The van der Waals surface area contributed by atoms with E-state index in [9.17, 15) is 10.1 Å². The van der Waals surface area contributed by atoms with Crippen LogP contribution in [0.3, 0.4) is 0 Å². The molecule has 0 saturated heterocycles. The van der Waals surface area contributed by atoms with E-state index < -0.39 is 0 Å². The number of nitro benzene ring substituents is 1. The highest BCUT2D eigenvalue weighted by molar-refractivity contribution is 6.31. The van der Waals surface area contributed by atoms with Gasteiger partial charge in [0.1, 0.15) is 0 Å². The second kappa shape index (κ2) is 6.93. The second-order valence-corrected chi connectivity index (χ2v) is 7.76. The van der Waals surface area contributed by atoms with Crippen LogP contribution in [0.2, 0.25) is 5.02 Å². The molecule has 0 aliphatic carbocycles. The maximum atomic E-state index is 11.3. The Morgan fingerprint density at radius 1 is 0.808 bits per heavy atom. The number of halogens is 1. The topological polar surface area (TPSA) is 43.1 Å². The number of nitrogens with zero attached hydrogens (tertiary/aromatic N) is 1. The van der Waals surface area contributed by atoms with Gasteiger partial charge in [0.05, 0.1) is 10.5 Å². The van der Waals surface area contributed by atoms with Gasteiger partial charge in [-0.2, -0.15) is 0 Å². The second-order valence-electron chi connectivity index (χ2n) is 7.32. The fraction of sp³-hybridized carbons (Fsp3) is 0.182. The lowest BCUT2D eigenvalue weighted by Gasteiger charge is -2.19. The maximum absolute atomic E-state index is 11.3. The molecule has 0 aliphatic rings. The lowest BCUT2D eigenvalue weighted by Crippen LogP contribution is -2.10. The molecule has 0 heterocycles. The molecule has 3 rings (SSSR count). The van der Waals surface area contributed by atoms with Crippen molar-refractivity contribution in [2.45, 2.75) is 26.2 Å². The minimum Gasteiger partial charge on any atom is -0.258 e. The van der Waals surface area contributed by atoms with E-state index in [1.165, 1.54) is 17.7 Å². The summed E-state index contributed by atoms with van der Waals surface area (Å²) in [5, 5.41) is 11.7. The first-order chi connectivity index (χ1) is 12.3. The first-order valence-electron chi connectivity index (χ1n) is 8.41. The molecular formula is C22H20ClNO2. The summed E-state index contributed by atoms with van der Waals surface area (Å²) in [6.45, 7) is 6.57. The third-order valence-corrected chi connectivity index (χ3v) is 4.67. The third kappa shape index (κ3) is 3.78. The van der Waals surface area contributed by atoms with Crippen molar-refractivity contribution in [2.75, 3.05) is 0 Å². The fourth-order valence-electron chi connectivity index (χ4n) is 2.90. The van der Waals surface area contributed by atoms with Gasteiger partial charge >= 0.3 is 0 Å². The average molecular weight is 366 g/mol. The molecule has 132 valence electrons. The highest BCUT2D eigenvalue weighted by Gasteiger charge is 2.16. The van der Waals surface area contributed by atoms with Gasteiger partial charge in [0.2, 0.25) is 0 Å². The van der Waals surface area contributed by atoms with Gasteiger partial charge in [0.15, 0.2) is 0 Å². The highest BCUT2D eigenvalue weighted by Crippen LogP contribution is 2.34. The van der Waals surface area contributed by atoms with Gasteiger partial charge in [0, 0.05) is 11.1 Å². The first kappa shape index (κ1) is 18.2. The predicted molar refractivity (Wildman–Crippen MR) is 108 cm³/mol. The molecule has 0 aliphatic heterocycles. The summed E-state index contributed by atoms with van der Waals surface area (Å²) in [6, 6.07) is 20.9. The molecule has 0 unspecified atom stereocenters. The van der Waals surface area contributed by atoms with Crippen molar-refractivity contribution in [2.24, 2.45) is 0 Å². The van der Waals surface area contributed by atoms with Crippen LogP contribution in [-0.2, 0) is 5.41 Å². The zero-order chi connectivity index (χ0) is 18.9.